The SMILES string of the molecule is Cc1ccc(Nc2c(C)cccc2N)cc1C. The van der Waals surface area contributed by atoms with E-state index in [0.717, 1.165) is 22.6 Å². The largest absolute Gasteiger partial charge is 0.397 e. The van der Waals surface area contributed by atoms with Gasteiger partial charge in [-0.15, -0.1) is 0 Å². The molecule has 0 aliphatic rings. The van der Waals surface area contributed by atoms with Crippen molar-refractivity contribution in [3.05, 3.63) is 53.1 Å². The van der Waals surface area contributed by atoms with Crippen LogP contribution in [0.3, 0.4) is 0 Å². The number of hydrogen-bond acceptors (Lipinski definition) is 2. The highest BCUT2D eigenvalue weighted by Gasteiger charge is 2.03. The second kappa shape index (κ2) is 4.50. The maximum Gasteiger partial charge on any atom is 0.0647 e. The van der Waals surface area contributed by atoms with Crippen LogP contribution in [0.2, 0.25) is 0 Å². The van der Waals surface area contributed by atoms with Gasteiger partial charge in [0.1, 0.15) is 0 Å². The molecule has 0 bridgehead atoms. The average molecular weight is 226 g/mol. The molecule has 0 radical (unpaired) electrons. The van der Waals surface area contributed by atoms with Gasteiger partial charge in [-0.05, 0) is 55.7 Å². The van der Waals surface area contributed by atoms with E-state index in [2.05, 4.69) is 50.4 Å². The van der Waals surface area contributed by atoms with E-state index in [1.54, 1.807) is 0 Å². The van der Waals surface area contributed by atoms with Crippen molar-refractivity contribution >= 4 is 17.1 Å². The highest BCUT2D eigenvalue weighted by molar-refractivity contribution is 5.75. The van der Waals surface area contributed by atoms with Gasteiger partial charge < -0.3 is 11.1 Å². The Morgan fingerprint density at radius 3 is 2.29 bits per heavy atom. The third kappa shape index (κ3) is 2.41. The minimum Gasteiger partial charge on any atom is -0.397 e. The lowest BCUT2D eigenvalue weighted by atomic mass is 10.1. The molecule has 0 atom stereocenters. The van der Waals surface area contributed by atoms with Gasteiger partial charge in [-0.1, -0.05) is 18.2 Å². The second-order valence-electron chi connectivity index (χ2n) is 4.46. The summed E-state index contributed by atoms with van der Waals surface area (Å²) < 4.78 is 0. The summed E-state index contributed by atoms with van der Waals surface area (Å²) in [5.74, 6) is 0. The summed E-state index contributed by atoms with van der Waals surface area (Å²) in [6.07, 6.45) is 0. The smallest absolute Gasteiger partial charge is 0.0647 e. The number of anilines is 3. The minimum atomic E-state index is 0.781. The highest BCUT2D eigenvalue weighted by Crippen LogP contribution is 2.27. The first-order valence-corrected chi connectivity index (χ1v) is 5.77. The Labute approximate surface area is 102 Å². The molecule has 0 aliphatic heterocycles. The molecule has 0 spiro atoms. The molecular formula is C15H18N2. The number of aryl methyl sites for hydroxylation is 3. The van der Waals surface area contributed by atoms with Crippen molar-refractivity contribution in [3.8, 4) is 0 Å². The number of benzene rings is 2. The lowest BCUT2D eigenvalue weighted by Crippen LogP contribution is -1.99. The molecular weight excluding hydrogens is 208 g/mol. The molecule has 2 aromatic rings. The molecule has 0 saturated carbocycles. The van der Waals surface area contributed by atoms with E-state index in [-0.39, 0.29) is 0 Å². The normalized spacial score (nSPS) is 10.3. The molecule has 0 saturated heterocycles. The van der Waals surface area contributed by atoms with Gasteiger partial charge in [0.2, 0.25) is 0 Å². The van der Waals surface area contributed by atoms with Crippen LogP contribution >= 0.6 is 0 Å². The second-order valence-corrected chi connectivity index (χ2v) is 4.46. The molecule has 17 heavy (non-hydrogen) atoms. The van der Waals surface area contributed by atoms with Crippen LogP contribution in [-0.4, -0.2) is 0 Å². The minimum absolute atomic E-state index is 0.781. The van der Waals surface area contributed by atoms with Crippen molar-refractivity contribution in [1.29, 1.82) is 0 Å². The first-order chi connectivity index (χ1) is 8.08. The van der Waals surface area contributed by atoms with Gasteiger partial charge in [0, 0.05) is 5.69 Å². The summed E-state index contributed by atoms with van der Waals surface area (Å²) in [6.45, 7) is 6.28. The number of nitrogens with one attached hydrogen (secondary N) is 1. The number of nitrogens with two attached hydrogens (primary N) is 1. The van der Waals surface area contributed by atoms with E-state index >= 15 is 0 Å². The summed E-state index contributed by atoms with van der Waals surface area (Å²) in [5, 5.41) is 3.38. The zero-order valence-corrected chi connectivity index (χ0v) is 10.5. The van der Waals surface area contributed by atoms with Crippen molar-refractivity contribution in [2.24, 2.45) is 0 Å². The Morgan fingerprint density at radius 1 is 0.882 bits per heavy atom. The van der Waals surface area contributed by atoms with E-state index in [0.29, 0.717) is 0 Å². The van der Waals surface area contributed by atoms with Crippen LogP contribution in [0, 0.1) is 20.8 Å². The fraction of sp³-hybridized carbons (Fsp3) is 0.200. The third-order valence-electron chi connectivity index (χ3n) is 3.08. The molecule has 3 N–H and O–H groups in total. The van der Waals surface area contributed by atoms with E-state index in [1.807, 2.05) is 12.1 Å². The van der Waals surface area contributed by atoms with E-state index in [9.17, 15) is 0 Å². The van der Waals surface area contributed by atoms with Gasteiger partial charge in [0.05, 0.1) is 11.4 Å². The van der Waals surface area contributed by atoms with Gasteiger partial charge >= 0.3 is 0 Å². The standard InChI is InChI=1S/C15H18N2/c1-10-7-8-13(9-12(10)3)17-15-11(2)5-4-6-14(15)16/h4-9,17H,16H2,1-3H3. The van der Waals surface area contributed by atoms with Gasteiger partial charge in [-0.3, -0.25) is 0 Å². The van der Waals surface area contributed by atoms with Crippen molar-refractivity contribution < 1.29 is 0 Å². The lowest BCUT2D eigenvalue weighted by Gasteiger charge is -2.13. The van der Waals surface area contributed by atoms with E-state index in [1.165, 1.54) is 11.1 Å². The van der Waals surface area contributed by atoms with Crippen molar-refractivity contribution in [2.75, 3.05) is 11.1 Å². The van der Waals surface area contributed by atoms with Crippen LogP contribution in [-0.2, 0) is 0 Å². The van der Waals surface area contributed by atoms with Gasteiger partial charge in [-0.2, -0.15) is 0 Å². The van der Waals surface area contributed by atoms with Crippen LogP contribution in [0.25, 0.3) is 0 Å². The molecule has 0 aliphatic carbocycles. The number of hydrogen-bond donors (Lipinski definition) is 2. The Morgan fingerprint density at radius 2 is 1.65 bits per heavy atom. The van der Waals surface area contributed by atoms with Crippen LogP contribution < -0.4 is 11.1 Å². The molecule has 2 nitrogen and oxygen atoms in total. The highest BCUT2D eigenvalue weighted by atomic mass is 14.9. The summed E-state index contributed by atoms with van der Waals surface area (Å²) in [4.78, 5) is 0. The first-order valence-electron chi connectivity index (χ1n) is 5.77. The Bertz CT molecular complexity index is 524. The van der Waals surface area contributed by atoms with E-state index in [4.69, 9.17) is 5.73 Å². The fourth-order valence-electron chi connectivity index (χ4n) is 1.82. The molecule has 2 aromatic carbocycles. The molecule has 88 valence electrons. The van der Waals surface area contributed by atoms with Crippen LogP contribution in [0.15, 0.2) is 36.4 Å². The van der Waals surface area contributed by atoms with Gasteiger partial charge in [0.25, 0.3) is 0 Å². The summed E-state index contributed by atoms with van der Waals surface area (Å²) >= 11 is 0. The van der Waals surface area contributed by atoms with Crippen molar-refractivity contribution in [2.45, 2.75) is 20.8 Å². The molecule has 0 heterocycles. The quantitative estimate of drug-likeness (QED) is 0.761. The Kier molecular flexibility index (Phi) is 3.05. The zero-order chi connectivity index (χ0) is 12.4. The van der Waals surface area contributed by atoms with Crippen LogP contribution in [0.4, 0.5) is 17.1 Å². The first kappa shape index (κ1) is 11.5. The van der Waals surface area contributed by atoms with Gasteiger partial charge in [0.15, 0.2) is 0 Å². The number of nitrogen functional groups attached to an aromatic ring is 1. The van der Waals surface area contributed by atoms with E-state index < -0.39 is 0 Å². The number of para-hydroxylation sites is 1. The Balaban J connectivity index is 2.35. The lowest BCUT2D eigenvalue weighted by molar-refractivity contribution is 1.33. The van der Waals surface area contributed by atoms with Crippen molar-refractivity contribution in [3.63, 3.8) is 0 Å². The summed E-state index contributed by atoms with van der Waals surface area (Å²) in [6, 6.07) is 12.3. The molecule has 2 rings (SSSR count). The Hall–Kier alpha value is -1.96. The maximum absolute atomic E-state index is 5.97. The molecule has 0 fully saturated rings. The molecule has 0 aromatic heterocycles. The predicted molar refractivity (Wildman–Crippen MR) is 74.8 cm³/mol. The average Bonchev–Trinajstić information content (AvgIpc) is 2.28. The third-order valence-corrected chi connectivity index (χ3v) is 3.08. The van der Waals surface area contributed by atoms with Gasteiger partial charge in [-0.25, -0.2) is 0 Å². The maximum atomic E-state index is 5.97. The molecule has 0 unspecified atom stereocenters. The predicted octanol–water partition coefficient (Wildman–Crippen LogP) is 3.94. The summed E-state index contributed by atoms with van der Waals surface area (Å²) in [7, 11) is 0. The monoisotopic (exact) mass is 226 g/mol. The molecule has 2 heteroatoms. The van der Waals surface area contributed by atoms with Crippen molar-refractivity contribution in [1.82, 2.24) is 0 Å². The van der Waals surface area contributed by atoms with Crippen LogP contribution in [0.1, 0.15) is 16.7 Å². The number of rotatable bonds is 2. The van der Waals surface area contributed by atoms with Crippen LogP contribution in [0.5, 0.6) is 0 Å². The molecule has 0 amide bonds. The summed E-state index contributed by atoms with van der Waals surface area (Å²) in [5.41, 5.74) is 12.6. The topological polar surface area (TPSA) is 38.0 Å². The zero-order valence-electron chi connectivity index (χ0n) is 10.5. The fourth-order valence-corrected chi connectivity index (χ4v) is 1.82.